The highest BCUT2D eigenvalue weighted by Gasteiger charge is 2.34. The quantitative estimate of drug-likeness (QED) is 0.163. The van der Waals surface area contributed by atoms with Crippen LogP contribution in [-0.2, 0) is 0 Å². The lowest BCUT2D eigenvalue weighted by Gasteiger charge is -2.27. The van der Waals surface area contributed by atoms with E-state index in [1.807, 2.05) is 12.1 Å². The monoisotopic (exact) mass is 838 g/mol. The molecule has 0 fully saturated rings. The molecule has 0 atom stereocenters. The Bertz CT molecular complexity index is 4340. The summed E-state index contributed by atoms with van der Waals surface area (Å²) in [7, 11) is 0. The van der Waals surface area contributed by atoms with Crippen LogP contribution in [0.15, 0.2) is 206 Å². The van der Waals surface area contributed by atoms with Crippen LogP contribution in [0.2, 0.25) is 0 Å². The first-order chi connectivity index (χ1) is 32.7. The number of fused-ring (bicyclic) bond motifs is 14. The molecule has 4 heterocycles. The summed E-state index contributed by atoms with van der Waals surface area (Å²) in [6, 6.07) is 75.0. The smallest absolute Gasteiger partial charge is 0.237 e. The van der Waals surface area contributed by atoms with E-state index in [1.165, 1.54) is 0 Å². The Hall–Kier alpha value is -9.36. The largest absolute Gasteiger partial charge is 0.318 e. The molecule has 4 aromatic heterocycles. The van der Waals surface area contributed by atoms with E-state index in [9.17, 15) is 11.8 Å². The van der Waals surface area contributed by atoms with Crippen LogP contribution in [-0.4, -0.2) is 18.3 Å². The second-order valence-corrected chi connectivity index (χ2v) is 17.0. The molecule has 304 valence electrons. The van der Waals surface area contributed by atoms with Crippen molar-refractivity contribution in [3.63, 3.8) is 0 Å². The van der Waals surface area contributed by atoms with Crippen molar-refractivity contribution in [2.75, 3.05) is 0 Å². The molecule has 0 radical (unpaired) electrons. The van der Waals surface area contributed by atoms with Gasteiger partial charge in [0.2, 0.25) is 5.69 Å². The third kappa shape index (κ3) is 4.66. The first-order valence-electron chi connectivity index (χ1n) is 22.1. The fourth-order valence-electron chi connectivity index (χ4n) is 11.2. The van der Waals surface area contributed by atoms with Crippen LogP contribution in [0.25, 0.3) is 126 Å². The van der Waals surface area contributed by atoms with Crippen LogP contribution >= 0.6 is 0 Å². The molecular formula is C60H34N6. The lowest BCUT2D eigenvalue weighted by molar-refractivity contribution is 1.03. The maximum atomic E-state index is 12.3. The average Bonchev–Trinajstić information content (AvgIpc) is 4.11. The van der Waals surface area contributed by atoms with Crippen molar-refractivity contribution < 1.29 is 0 Å². The summed E-state index contributed by atoms with van der Waals surface area (Å²) in [5, 5.41) is 23.1. The Kier molecular flexibility index (Phi) is 7.43. The molecule has 66 heavy (non-hydrogen) atoms. The van der Waals surface area contributed by atoms with Gasteiger partial charge in [-0.25, -0.2) is 4.85 Å². The van der Waals surface area contributed by atoms with Gasteiger partial charge in [0, 0.05) is 43.1 Å². The molecule has 0 saturated carbocycles. The van der Waals surface area contributed by atoms with Crippen LogP contribution < -0.4 is 0 Å². The van der Waals surface area contributed by atoms with Crippen molar-refractivity contribution in [1.82, 2.24) is 18.3 Å². The SMILES string of the molecule is [C-]#[N+]c1c(-n2c3ccccc3c3ccccc32)c(C#N)c(-n2c3ccccc3c3c4ccccc4ccc32)c(-n2c3ccccc3c3ccccc32)c1-n1c2ccccc2c2ccccc21. The van der Waals surface area contributed by atoms with Gasteiger partial charge in [-0.2, -0.15) is 5.26 Å². The highest BCUT2D eigenvalue weighted by Crippen LogP contribution is 2.52. The van der Waals surface area contributed by atoms with Gasteiger partial charge in [-0.3, -0.25) is 0 Å². The molecule has 0 spiro atoms. The maximum absolute atomic E-state index is 12.3. The molecule has 6 heteroatoms. The zero-order valence-corrected chi connectivity index (χ0v) is 35.3. The van der Waals surface area contributed by atoms with Gasteiger partial charge in [-0.1, -0.05) is 158 Å². The van der Waals surface area contributed by atoms with E-state index < -0.39 is 0 Å². The molecule has 14 aromatic rings. The highest BCUT2D eigenvalue weighted by molar-refractivity contribution is 6.22. The average molecular weight is 839 g/mol. The summed E-state index contributed by atoms with van der Waals surface area (Å²) >= 11 is 0. The van der Waals surface area contributed by atoms with E-state index in [4.69, 9.17) is 0 Å². The van der Waals surface area contributed by atoms with Crippen LogP contribution in [0.1, 0.15) is 5.56 Å². The number of rotatable bonds is 4. The lowest BCUT2D eigenvalue weighted by Crippen LogP contribution is -2.14. The van der Waals surface area contributed by atoms with Gasteiger partial charge >= 0.3 is 0 Å². The molecule has 0 aliphatic carbocycles. The molecule has 0 aliphatic rings. The summed E-state index contributed by atoms with van der Waals surface area (Å²) in [6.45, 7) is 9.55. The minimum absolute atomic E-state index is 0.372. The first kappa shape index (κ1) is 36.2. The zero-order valence-electron chi connectivity index (χ0n) is 35.3. The van der Waals surface area contributed by atoms with Crippen molar-refractivity contribution in [3.8, 4) is 28.8 Å². The Balaban J connectivity index is 1.35. The van der Waals surface area contributed by atoms with Crippen LogP contribution in [0.5, 0.6) is 0 Å². The standard InChI is InChI=1S/C60H34N6/c1-62-56-57(63-47-27-11-4-20-39(47)40-21-5-12-28-48(40)63)46(36-61)58(66-53-33-17-10-26-45(53)55-38-19-3-2-18-37(38)34-35-54(55)66)60(65-51-31-15-8-24-43(51)44-25-9-16-32-52(44)65)59(56)64-49-29-13-6-22-41(49)42-23-7-14-30-50(42)64/h2-35H. The van der Waals surface area contributed by atoms with Gasteiger partial charge in [0.25, 0.3) is 0 Å². The molecule has 14 rings (SSSR count). The number of nitrogens with zero attached hydrogens (tertiary/aromatic N) is 6. The van der Waals surface area contributed by atoms with Gasteiger partial charge in [-0.05, 0) is 59.3 Å². The number of benzene rings is 10. The van der Waals surface area contributed by atoms with E-state index in [0.29, 0.717) is 28.3 Å². The van der Waals surface area contributed by atoms with E-state index in [0.717, 1.165) is 104 Å². The first-order valence-corrected chi connectivity index (χ1v) is 22.1. The molecule has 0 N–H and O–H groups in total. The van der Waals surface area contributed by atoms with E-state index >= 15 is 0 Å². The van der Waals surface area contributed by atoms with Crippen molar-refractivity contribution in [2.45, 2.75) is 0 Å². The Morgan fingerprint density at radius 2 is 0.652 bits per heavy atom. The molecule has 0 aliphatic heterocycles. The summed E-state index contributed by atoms with van der Waals surface area (Å²) < 4.78 is 9.11. The van der Waals surface area contributed by atoms with Crippen molar-refractivity contribution >= 4 is 104 Å². The Morgan fingerprint density at radius 3 is 1.08 bits per heavy atom. The second-order valence-electron chi connectivity index (χ2n) is 17.0. The summed E-state index contributed by atoms with van der Waals surface area (Å²) in [6.07, 6.45) is 0. The van der Waals surface area contributed by atoms with Crippen LogP contribution in [0, 0.1) is 17.9 Å². The normalized spacial score (nSPS) is 11.9. The van der Waals surface area contributed by atoms with Crippen molar-refractivity contribution in [1.29, 1.82) is 5.26 Å². The third-order valence-corrected chi connectivity index (χ3v) is 13.8. The van der Waals surface area contributed by atoms with Gasteiger partial charge < -0.3 is 18.3 Å². The van der Waals surface area contributed by atoms with Crippen molar-refractivity contribution in [2.24, 2.45) is 0 Å². The minimum Gasteiger partial charge on any atom is -0.318 e. The van der Waals surface area contributed by atoms with Gasteiger partial charge in [0.15, 0.2) is 0 Å². The number of nitriles is 1. The Labute approximate surface area is 377 Å². The topological polar surface area (TPSA) is 47.9 Å². The number of aromatic nitrogens is 4. The molecule has 0 saturated heterocycles. The second kappa shape index (κ2) is 13.6. The maximum Gasteiger partial charge on any atom is 0.237 e. The Morgan fingerprint density at radius 1 is 0.318 bits per heavy atom. The predicted octanol–water partition coefficient (Wildman–Crippen LogP) is 15.7. The molecule has 0 bridgehead atoms. The van der Waals surface area contributed by atoms with E-state index in [2.05, 4.69) is 223 Å². The third-order valence-electron chi connectivity index (χ3n) is 13.8. The molecule has 0 amide bonds. The summed E-state index contributed by atoms with van der Waals surface area (Å²) in [5.41, 5.74) is 11.0. The molecule has 6 nitrogen and oxygen atoms in total. The van der Waals surface area contributed by atoms with Gasteiger partial charge in [0.1, 0.15) is 6.07 Å². The van der Waals surface area contributed by atoms with Crippen LogP contribution in [0.3, 0.4) is 0 Å². The number of hydrogen-bond donors (Lipinski definition) is 0. The highest BCUT2D eigenvalue weighted by atomic mass is 15.1. The van der Waals surface area contributed by atoms with Gasteiger partial charge in [0.05, 0.1) is 79.0 Å². The van der Waals surface area contributed by atoms with Crippen LogP contribution in [0.4, 0.5) is 5.69 Å². The minimum atomic E-state index is 0.372. The predicted molar refractivity (Wildman–Crippen MR) is 272 cm³/mol. The van der Waals surface area contributed by atoms with Gasteiger partial charge in [-0.15, -0.1) is 0 Å². The summed E-state index contributed by atoms with van der Waals surface area (Å²) in [4.78, 5) is 4.67. The molecule has 10 aromatic carbocycles. The number of hydrogen-bond acceptors (Lipinski definition) is 1. The van der Waals surface area contributed by atoms with E-state index in [1.54, 1.807) is 0 Å². The lowest BCUT2D eigenvalue weighted by atomic mass is 10.0. The summed E-state index contributed by atoms with van der Waals surface area (Å²) in [5.74, 6) is 0. The van der Waals surface area contributed by atoms with Crippen molar-refractivity contribution in [3.05, 3.63) is 223 Å². The molecule has 0 unspecified atom stereocenters. The molecular weight excluding hydrogens is 805 g/mol. The fraction of sp³-hybridized carbons (Fsp3) is 0. The van der Waals surface area contributed by atoms with E-state index in [-0.39, 0.29) is 0 Å². The zero-order chi connectivity index (χ0) is 43.6. The fourth-order valence-corrected chi connectivity index (χ4v) is 11.2. The number of para-hydroxylation sites is 7.